The lowest BCUT2D eigenvalue weighted by Gasteiger charge is -2.44. The van der Waals surface area contributed by atoms with Crippen molar-refractivity contribution in [2.45, 2.75) is 44.6 Å². The fourth-order valence-corrected chi connectivity index (χ4v) is 5.22. The molecule has 2 N–H and O–H groups in total. The van der Waals surface area contributed by atoms with Gasteiger partial charge in [-0.15, -0.1) is 12.4 Å². The molecule has 0 aromatic heterocycles. The third kappa shape index (κ3) is 3.06. The lowest BCUT2D eigenvalue weighted by atomic mass is 9.65. The van der Waals surface area contributed by atoms with Crippen LogP contribution in [0.4, 0.5) is 5.69 Å². The molecular formula is C18H24BrClN2O. The van der Waals surface area contributed by atoms with Crippen molar-refractivity contribution in [3.63, 3.8) is 0 Å². The molecule has 2 bridgehead atoms. The van der Waals surface area contributed by atoms with Crippen molar-refractivity contribution in [1.29, 1.82) is 0 Å². The van der Waals surface area contributed by atoms with E-state index in [4.69, 9.17) is 5.73 Å². The van der Waals surface area contributed by atoms with E-state index in [1.165, 1.54) is 24.8 Å². The van der Waals surface area contributed by atoms with Crippen LogP contribution in [-0.2, 0) is 11.2 Å². The van der Waals surface area contributed by atoms with Crippen LogP contribution in [0, 0.1) is 17.8 Å². The Bertz CT molecular complexity index is 595. The standard InChI is InChI=1S/C18H23BrN2O.ClH/c19-15-4-5-16-11(10-15)6-7-21(16)18(22)14-8-12-2-1-3-13(9-14)17(12)20;/h4-5,10,12-14,17H,1-3,6-9,20H2;1H. The minimum atomic E-state index is 0. The Labute approximate surface area is 152 Å². The highest BCUT2D eigenvalue weighted by Gasteiger charge is 2.42. The first kappa shape index (κ1) is 17.2. The van der Waals surface area contributed by atoms with Crippen LogP contribution < -0.4 is 10.6 Å². The zero-order valence-electron chi connectivity index (χ0n) is 13.2. The van der Waals surface area contributed by atoms with E-state index in [1.807, 2.05) is 11.0 Å². The van der Waals surface area contributed by atoms with Crippen molar-refractivity contribution in [1.82, 2.24) is 0 Å². The lowest BCUT2D eigenvalue weighted by Crippen LogP contribution is -2.49. The minimum absolute atomic E-state index is 0. The number of benzene rings is 1. The summed E-state index contributed by atoms with van der Waals surface area (Å²) >= 11 is 3.52. The number of carbonyl (C=O) groups excluding carboxylic acids is 1. The van der Waals surface area contributed by atoms with Crippen LogP contribution in [-0.4, -0.2) is 18.5 Å². The maximum absolute atomic E-state index is 13.1. The van der Waals surface area contributed by atoms with E-state index in [1.54, 1.807) is 0 Å². The molecule has 2 unspecified atom stereocenters. The van der Waals surface area contributed by atoms with E-state index in [2.05, 4.69) is 28.1 Å². The molecule has 5 heteroatoms. The molecule has 3 aliphatic rings. The summed E-state index contributed by atoms with van der Waals surface area (Å²) in [4.78, 5) is 15.1. The Morgan fingerprint density at radius 3 is 2.61 bits per heavy atom. The Morgan fingerprint density at radius 1 is 1.22 bits per heavy atom. The molecule has 3 nitrogen and oxygen atoms in total. The molecule has 0 spiro atoms. The quantitative estimate of drug-likeness (QED) is 0.778. The molecule has 4 rings (SSSR count). The van der Waals surface area contributed by atoms with Gasteiger partial charge in [-0.25, -0.2) is 0 Å². The van der Waals surface area contributed by atoms with Crippen LogP contribution in [0.15, 0.2) is 22.7 Å². The molecule has 1 aromatic carbocycles. The average Bonchev–Trinajstić information content (AvgIpc) is 2.89. The van der Waals surface area contributed by atoms with E-state index in [-0.39, 0.29) is 18.3 Å². The van der Waals surface area contributed by atoms with Crippen LogP contribution >= 0.6 is 28.3 Å². The smallest absolute Gasteiger partial charge is 0.230 e. The SMILES string of the molecule is Cl.NC1C2CCCC1CC(C(=O)N1CCc3cc(Br)ccc31)C2. The molecule has 0 saturated heterocycles. The second kappa shape index (κ2) is 6.73. The van der Waals surface area contributed by atoms with Crippen LogP contribution in [0.1, 0.15) is 37.7 Å². The number of fused-ring (bicyclic) bond motifs is 3. The van der Waals surface area contributed by atoms with Crippen molar-refractivity contribution in [3.05, 3.63) is 28.2 Å². The second-order valence-corrected chi connectivity index (χ2v) is 8.13. The van der Waals surface area contributed by atoms with Gasteiger partial charge in [0.15, 0.2) is 0 Å². The second-order valence-electron chi connectivity index (χ2n) is 7.21. The highest BCUT2D eigenvalue weighted by Crippen LogP contribution is 2.43. The summed E-state index contributed by atoms with van der Waals surface area (Å²) in [6, 6.07) is 6.60. The van der Waals surface area contributed by atoms with Crippen LogP contribution in [0.3, 0.4) is 0 Å². The lowest BCUT2D eigenvalue weighted by molar-refractivity contribution is -0.125. The van der Waals surface area contributed by atoms with Gasteiger partial charge in [0, 0.05) is 28.7 Å². The maximum Gasteiger partial charge on any atom is 0.230 e. The Morgan fingerprint density at radius 2 is 1.91 bits per heavy atom. The number of nitrogens with zero attached hydrogens (tertiary/aromatic N) is 1. The number of hydrogen-bond donors (Lipinski definition) is 1. The molecular weight excluding hydrogens is 376 g/mol. The number of halogens is 2. The van der Waals surface area contributed by atoms with E-state index in [0.29, 0.717) is 23.8 Å². The molecule has 1 aliphatic heterocycles. The first-order valence-corrected chi connectivity index (χ1v) is 9.28. The van der Waals surface area contributed by atoms with E-state index >= 15 is 0 Å². The summed E-state index contributed by atoms with van der Waals surface area (Å²) in [5, 5.41) is 0. The summed E-state index contributed by atoms with van der Waals surface area (Å²) in [5.41, 5.74) is 8.77. The molecule has 2 aliphatic carbocycles. The summed E-state index contributed by atoms with van der Waals surface area (Å²) in [5.74, 6) is 1.65. The number of carbonyl (C=O) groups is 1. The van der Waals surface area contributed by atoms with Crippen LogP contribution in [0.2, 0.25) is 0 Å². The molecule has 2 atom stereocenters. The number of hydrogen-bond acceptors (Lipinski definition) is 2. The number of amides is 1. The average molecular weight is 400 g/mol. The first-order chi connectivity index (χ1) is 10.6. The molecule has 1 heterocycles. The van der Waals surface area contributed by atoms with Crippen molar-refractivity contribution in [3.8, 4) is 0 Å². The maximum atomic E-state index is 13.1. The molecule has 2 fully saturated rings. The first-order valence-electron chi connectivity index (χ1n) is 8.49. The van der Waals surface area contributed by atoms with E-state index in [9.17, 15) is 4.79 Å². The van der Waals surface area contributed by atoms with Gasteiger partial charge in [-0.05, 0) is 67.7 Å². The summed E-state index contributed by atoms with van der Waals surface area (Å²) in [7, 11) is 0. The van der Waals surface area contributed by atoms with Gasteiger partial charge in [-0.3, -0.25) is 4.79 Å². The van der Waals surface area contributed by atoms with Crippen molar-refractivity contribution >= 4 is 39.9 Å². The minimum Gasteiger partial charge on any atom is -0.327 e. The molecule has 1 amide bonds. The molecule has 2 saturated carbocycles. The number of nitrogens with two attached hydrogens (primary N) is 1. The summed E-state index contributed by atoms with van der Waals surface area (Å²) < 4.78 is 1.10. The van der Waals surface area contributed by atoms with Gasteiger partial charge in [0.1, 0.15) is 0 Å². The highest BCUT2D eigenvalue weighted by molar-refractivity contribution is 9.10. The monoisotopic (exact) mass is 398 g/mol. The topological polar surface area (TPSA) is 46.3 Å². The number of anilines is 1. The predicted octanol–water partition coefficient (Wildman–Crippen LogP) is 3.91. The molecule has 126 valence electrons. The third-order valence-corrected chi connectivity index (χ3v) is 6.46. The van der Waals surface area contributed by atoms with Gasteiger partial charge in [0.2, 0.25) is 5.91 Å². The normalized spacial score (nSPS) is 32.2. The Hall–Kier alpha value is -0.580. The molecule has 23 heavy (non-hydrogen) atoms. The summed E-state index contributed by atoms with van der Waals surface area (Å²) in [6.07, 6.45) is 6.69. The van der Waals surface area contributed by atoms with Gasteiger partial charge in [-0.1, -0.05) is 22.4 Å². The Kier molecular flexibility index (Phi) is 5.05. The fraction of sp³-hybridized carbons (Fsp3) is 0.611. The van der Waals surface area contributed by atoms with E-state index in [0.717, 1.165) is 36.0 Å². The van der Waals surface area contributed by atoms with Crippen LogP contribution in [0.5, 0.6) is 0 Å². The zero-order chi connectivity index (χ0) is 15.3. The number of rotatable bonds is 1. The van der Waals surface area contributed by atoms with Gasteiger partial charge in [0.25, 0.3) is 0 Å². The van der Waals surface area contributed by atoms with Gasteiger partial charge < -0.3 is 10.6 Å². The highest BCUT2D eigenvalue weighted by atomic mass is 79.9. The van der Waals surface area contributed by atoms with Crippen molar-refractivity contribution in [2.24, 2.45) is 23.5 Å². The molecule has 0 radical (unpaired) electrons. The third-order valence-electron chi connectivity index (χ3n) is 5.97. The largest absolute Gasteiger partial charge is 0.327 e. The van der Waals surface area contributed by atoms with Crippen molar-refractivity contribution in [2.75, 3.05) is 11.4 Å². The van der Waals surface area contributed by atoms with Crippen LogP contribution in [0.25, 0.3) is 0 Å². The Balaban J connectivity index is 0.00000156. The zero-order valence-corrected chi connectivity index (χ0v) is 15.6. The van der Waals surface area contributed by atoms with Gasteiger partial charge in [0.05, 0.1) is 0 Å². The van der Waals surface area contributed by atoms with Gasteiger partial charge >= 0.3 is 0 Å². The fourth-order valence-electron chi connectivity index (χ4n) is 4.81. The van der Waals surface area contributed by atoms with E-state index < -0.39 is 0 Å². The van der Waals surface area contributed by atoms with Gasteiger partial charge in [-0.2, -0.15) is 0 Å². The molecule has 1 aromatic rings. The predicted molar refractivity (Wildman–Crippen MR) is 99.0 cm³/mol. The summed E-state index contributed by atoms with van der Waals surface area (Å²) in [6.45, 7) is 0.836. The van der Waals surface area contributed by atoms with Crippen molar-refractivity contribution < 1.29 is 4.79 Å².